The second-order valence-electron chi connectivity index (χ2n) is 7.98. The van der Waals surface area contributed by atoms with E-state index in [1.807, 2.05) is 11.9 Å². The highest BCUT2D eigenvalue weighted by molar-refractivity contribution is 5.89. The first-order chi connectivity index (χ1) is 13.4. The summed E-state index contributed by atoms with van der Waals surface area (Å²) in [7, 11) is 1.95. The van der Waals surface area contributed by atoms with Gasteiger partial charge < -0.3 is 20.4 Å². The van der Waals surface area contributed by atoms with Gasteiger partial charge in [-0.15, -0.1) is 0 Å². The number of piperidine rings is 1. The van der Waals surface area contributed by atoms with Crippen LogP contribution in [0.15, 0.2) is 18.2 Å². The van der Waals surface area contributed by atoms with Gasteiger partial charge in [-0.2, -0.15) is 0 Å². The fraction of sp³-hybridized carbons (Fsp3) is 0.619. The number of nitrogens with zero attached hydrogens (tertiary/aromatic N) is 2. The van der Waals surface area contributed by atoms with Crippen molar-refractivity contribution in [3.8, 4) is 0 Å². The smallest absolute Gasteiger partial charge is 0.321 e. The summed E-state index contributed by atoms with van der Waals surface area (Å²) in [5.41, 5.74) is 1.03. The Morgan fingerprint density at radius 3 is 2.57 bits per heavy atom. The highest BCUT2D eigenvalue weighted by atomic mass is 19.1. The van der Waals surface area contributed by atoms with Crippen molar-refractivity contribution in [1.82, 2.24) is 10.2 Å². The van der Waals surface area contributed by atoms with E-state index >= 15 is 0 Å². The van der Waals surface area contributed by atoms with Crippen molar-refractivity contribution < 1.29 is 14.0 Å². The topological polar surface area (TPSA) is 64.7 Å². The fourth-order valence-corrected chi connectivity index (χ4v) is 4.31. The van der Waals surface area contributed by atoms with E-state index in [1.54, 1.807) is 17.0 Å². The third kappa shape index (κ3) is 5.14. The molecule has 0 spiro atoms. The molecule has 2 N–H and O–H groups in total. The van der Waals surface area contributed by atoms with Crippen molar-refractivity contribution in [2.24, 2.45) is 0 Å². The lowest BCUT2D eigenvalue weighted by atomic mass is 9.94. The van der Waals surface area contributed by atoms with Gasteiger partial charge in [-0.1, -0.05) is 19.3 Å². The lowest BCUT2D eigenvalue weighted by molar-refractivity contribution is -0.119. The number of hydrogen-bond donors (Lipinski definition) is 2. The minimum atomic E-state index is -0.319. The van der Waals surface area contributed by atoms with Crippen LogP contribution in [-0.2, 0) is 4.79 Å². The zero-order chi connectivity index (χ0) is 20.1. The Balaban J connectivity index is 1.60. The second-order valence-corrected chi connectivity index (χ2v) is 7.98. The van der Waals surface area contributed by atoms with E-state index in [2.05, 4.69) is 10.6 Å². The van der Waals surface area contributed by atoms with Crippen molar-refractivity contribution in [2.45, 2.75) is 64.0 Å². The van der Waals surface area contributed by atoms with Gasteiger partial charge in [0.15, 0.2) is 0 Å². The van der Waals surface area contributed by atoms with Gasteiger partial charge in [-0.05, 0) is 43.9 Å². The van der Waals surface area contributed by atoms with Gasteiger partial charge in [0, 0.05) is 44.8 Å². The third-order valence-electron chi connectivity index (χ3n) is 5.82. The highest BCUT2D eigenvalue weighted by Crippen LogP contribution is 2.29. The van der Waals surface area contributed by atoms with Crippen LogP contribution in [0.4, 0.5) is 20.6 Å². The summed E-state index contributed by atoms with van der Waals surface area (Å²) in [6, 6.07) is 4.98. The minimum absolute atomic E-state index is 0.0275. The van der Waals surface area contributed by atoms with Gasteiger partial charge >= 0.3 is 6.03 Å². The normalized spacial score (nSPS) is 20.5. The average molecular weight is 391 g/mol. The maximum atomic E-state index is 14.7. The van der Waals surface area contributed by atoms with Gasteiger partial charge in [0.25, 0.3) is 0 Å². The van der Waals surface area contributed by atoms with Crippen molar-refractivity contribution >= 4 is 23.3 Å². The number of amides is 3. The maximum absolute atomic E-state index is 14.7. The summed E-state index contributed by atoms with van der Waals surface area (Å²) in [5.74, 6) is -0.410. The largest absolute Gasteiger partial charge is 0.369 e. The quantitative estimate of drug-likeness (QED) is 0.823. The van der Waals surface area contributed by atoms with Crippen molar-refractivity contribution in [3.63, 3.8) is 0 Å². The van der Waals surface area contributed by atoms with Crippen LogP contribution in [0.5, 0.6) is 0 Å². The van der Waals surface area contributed by atoms with Gasteiger partial charge in [0.05, 0.1) is 5.69 Å². The van der Waals surface area contributed by atoms with Gasteiger partial charge in [0.2, 0.25) is 5.91 Å². The molecule has 6 nitrogen and oxygen atoms in total. The Kier molecular flexibility index (Phi) is 6.75. The zero-order valence-corrected chi connectivity index (χ0v) is 16.8. The van der Waals surface area contributed by atoms with E-state index in [-0.39, 0.29) is 23.8 Å². The molecule has 7 heteroatoms. The Labute approximate surface area is 166 Å². The molecule has 2 aliphatic rings. The Bertz CT molecular complexity index is 706. The molecule has 0 bridgehead atoms. The zero-order valence-electron chi connectivity index (χ0n) is 16.8. The molecule has 3 rings (SSSR count). The number of urea groups is 1. The summed E-state index contributed by atoms with van der Waals surface area (Å²) < 4.78 is 14.7. The summed E-state index contributed by atoms with van der Waals surface area (Å²) in [6.07, 6.45) is 7.53. The molecule has 1 unspecified atom stereocenters. The van der Waals surface area contributed by atoms with Crippen LogP contribution < -0.4 is 15.5 Å². The van der Waals surface area contributed by atoms with Crippen LogP contribution >= 0.6 is 0 Å². The molecule has 1 heterocycles. The van der Waals surface area contributed by atoms with Crippen molar-refractivity contribution in [3.05, 3.63) is 24.0 Å². The average Bonchev–Trinajstić information content (AvgIpc) is 2.68. The summed E-state index contributed by atoms with van der Waals surface area (Å²) in [4.78, 5) is 27.5. The third-order valence-corrected chi connectivity index (χ3v) is 5.82. The standard InChI is InChI=1S/C21H31FN4O2/c1-15(27)23-17-7-6-12-26(14-17)21(28)24-16-10-11-20(19(22)13-16)25(2)18-8-4-3-5-9-18/h10-11,13,17-18H,3-9,12,14H2,1-2H3,(H,23,27)(H,24,28). The predicted octanol–water partition coefficient (Wildman–Crippen LogP) is 3.73. The lowest BCUT2D eigenvalue weighted by Crippen LogP contribution is -2.50. The molecule has 1 aromatic rings. The summed E-state index contributed by atoms with van der Waals surface area (Å²) in [6.45, 7) is 2.58. The molecular weight excluding hydrogens is 359 g/mol. The molecule has 154 valence electrons. The van der Waals surface area contributed by atoms with E-state index in [0.717, 1.165) is 25.7 Å². The van der Waals surface area contributed by atoms with Gasteiger partial charge in [0.1, 0.15) is 5.82 Å². The Hall–Kier alpha value is -2.31. The minimum Gasteiger partial charge on any atom is -0.369 e. The van der Waals surface area contributed by atoms with E-state index in [1.165, 1.54) is 32.3 Å². The molecule has 2 fully saturated rings. The number of nitrogens with one attached hydrogen (secondary N) is 2. The van der Waals surface area contributed by atoms with E-state index < -0.39 is 0 Å². The van der Waals surface area contributed by atoms with Gasteiger partial charge in [-0.3, -0.25) is 4.79 Å². The number of rotatable bonds is 4. The molecule has 28 heavy (non-hydrogen) atoms. The van der Waals surface area contributed by atoms with Crippen molar-refractivity contribution in [2.75, 3.05) is 30.4 Å². The lowest BCUT2D eigenvalue weighted by Gasteiger charge is -2.34. The van der Waals surface area contributed by atoms with Crippen LogP contribution in [-0.4, -0.2) is 49.1 Å². The SMILES string of the molecule is CC(=O)NC1CCCN(C(=O)Nc2ccc(N(C)C3CCCCC3)c(F)c2)C1. The van der Waals surface area contributed by atoms with E-state index in [0.29, 0.717) is 30.5 Å². The first kappa shape index (κ1) is 20.4. The first-order valence-corrected chi connectivity index (χ1v) is 10.3. The summed E-state index contributed by atoms with van der Waals surface area (Å²) >= 11 is 0. The number of carbonyl (C=O) groups is 2. The fourth-order valence-electron chi connectivity index (χ4n) is 4.31. The molecule has 1 aromatic carbocycles. The first-order valence-electron chi connectivity index (χ1n) is 10.3. The number of hydrogen-bond acceptors (Lipinski definition) is 3. The maximum Gasteiger partial charge on any atom is 0.321 e. The number of halogens is 1. The molecule has 1 saturated heterocycles. The second kappa shape index (κ2) is 9.26. The monoisotopic (exact) mass is 390 g/mol. The van der Waals surface area contributed by atoms with Gasteiger partial charge in [-0.25, -0.2) is 9.18 Å². The van der Waals surface area contributed by atoms with Crippen molar-refractivity contribution in [1.29, 1.82) is 0 Å². The number of likely N-dealkylation sites (tertiary alicyclic amines) is 1. The molecule has 1 aliphatic heterocycles. The van der Waals surface area contributed by atoms with Crippen LogP contribution in [0, 0.1) is 5.82 Å². The molecule has 0 radical (unpaired) electrons. The molecule has 1 atom stereocenters. The number of benzene rings is 1. The molecule has 3 amide bonds. The van der Waals surface area contributed by atoms with Crippen LogP contribution in [0.3, 0.4) is 0 Å². The predicted molar refractivity (Wildman–Crippen MR) is 109 cm³/mol. The highest BCUT2D eigenvalue weighted by Gasteiger charge is 2.25. The molecule has 1 aliphatic carbocycles. The van der Waals surface area contributed by atoms with E-state index in [4.69, 9.17) is 0 Å². The van der Waals surface area contributed by atoms with Crippen LogP contribution in [0.1, 0.15) is 51.9 Å². The van der Waals surface area contributed by atoms with E-state index in [9.17, 15) is 14.0 Å². The van der Waals surface area contributed by atoms with Crippen LogP contribution in [0.2, 0.25) is 0 Å². The molecular formula is C21H31FN4O2. The molecule has 0 aromatic heterocycles. The number of anilines is 2. The number of carbonyl (C=O) groups excluding carboxylic acids is 2. The Morgan fingerprint density at radius 1 is 1.14 bits per heavy atom. The Morgan fingerprint density at radius 2 is 1.89 bits per heavy atom. The molecule has 1 saturated carbocycles. The van der Waals surface area contributed by atoms with Crippen LogP contribution in [0.25, 0.3) is 0 Å². The summed E-state index contributed by atoms with van der Waals surface area (Å²) in [5, 5.41) is 5.65.